The number of carbonyl (C=O) groups excluding carboxylic acids is 2. The zero-order valence-corrected chi connectivity index (χ0v) is 19.0. The second kappa shape index (κ2) is 10.5. The second-order valence-corrected chi connectivity index (χ2v) is 8.97. The smallest absolute Gasteiger partial charge is 0.266 e. The molecule has 0 aromatic heterocycles. The molecule has 2 amide bonds. The number of hydrogen-bond donors (Lipinski definition) is 2. The molecular weight excluding hydrogens is 446 g/mol. The predicted molar refractivity (Wildman–Crippen MR) is 129 cm³/mol. The van der Waals surface area contributed by atoms with E-state index < -0.39 is 0 Å². The van der Waals surface area contributed by atoms with Crippen LogP contribution >= 0.6 is 24.0 Å². The molecule has 2 aliphatic heterocycles. The van der Waals surface area contributed by atoms with E-state index in [0.717, 1.165) is 30.5 Å². The van der Waals surface area contributed by atoms with Crippen LogP contribution in [0.1, 0.15) is 31.2 Å². The van der Waals surface area contributed by atoms with Gasteiger partial charge in [-0.1, -0.05) is 54.7 Å². The van der Waals surface area contributed by atoms with Crippen molar-refractivity contribution in [1.29, 1.82) is 0 Å². The maximum Gasteiger partial charge on any atom is 0.266 e. The van der Waals surface area contributed by atoms with Crippen molar-refractivity contribution in [3.8, 4) is 11.5 Å². The van der Waals surface area contributed by atoms with Crippen LogP contribution < -0.4 is 20.3 Å². The number of para-hydroxylation sites is 1. The number of nitrogens with zero attached hydrogens (tertiary/aromatic N) is 1. The number of nitrogens with one attached hydrogen (secondary N) is 2. The lowest BCUT2D eigenvalue weighted by atomic mass is 10.1. The summed E-state index contributed by atoms with van der Waals surface area (Å²) in [6, 6.07) is 15.0. The Labute approximate surface area is 196 Å². The molecule has 0 unspecified atom stereocenters. The van der Waals surface area contributed by atoms with Gasteiger partial charge in [0.25, 0.3) is 5.91 Å². The molecule has 2 aromatic carbocycles. The highest BCUT2D eigenvalue weighted by Crippen LogP contribution is 2.36. The fraction of sp³-hybridized carbons (Fsp3) is 0.261. The van der Waals surface area contributed by atoms with Crippen molar-refractivity contribution in [3.05, 3.63) is 59.0 Å². The van der Waals surface area contributed by atoms with Crippen LogP contribution in [0.5, 0.6) is 11.5 Å². The van der Waals surface area contributed by atoms with Crippen LogP contribution in [0.3, 0.4) is 0 Å². The van der Waals surface area contributed by atoms with E-state index in [0.29, 0.717) is 33.7 Å². The van der Waals surface area contributed by atoms with Crippen LogP contribution in [-0.4, -0.2) is 34.4 Å². The Kier molecular flexibility index (Phi) is 7.28. The minimum atomic E-state index is -0.0810. The van der Waals surface area contributed by atoms with Gasteiger partial charge >= 0.3 is 0 Å². The minimum absolute atomic E-state index is 0.0638. The highest BCUT2D eigenvalue weighted by molar-refractivity contribution is 8.26. The lowest BCUT2D eigenvalue weighted by Crippen LogP contribution is -2.29. The highest BCUT2D eigenvalue weighted by Gasteiger charge is 2.31. The predicted octanol–water partition coefficient (Wildman–Crippen LogP) is 4.32. The second-order valence-electron chi connectivity index (χ2n) is 7.30. The van der Waals surface area contributed by atoms with Crippen molar-refractivity contribution in [1.82, 2.24) is 10.3 Å². The van der Waals surface area contributed by atoms with Crippen LogP contribution in [0, 0.1) is 0 Å². The monoisotopic (exact) mass is 469 g/mol. The number of amides is 2. The molecule has 0 radical (unpaired) electrons. The number of carbonyl (C=O) groups is 2. The Morgan fingerprint density at radius 2 is 1.91 bits per heavy atom. The number of hydrazine groups is 1. The van der Waals surface area contributed by atoms with E-state index in [-0.39, 0.29) is 18.6 Å². The Hall–Kier alpha value is -3.04. The van der Waals surface area contributed by atoms with E-state index >= 15 is 0 Å². The molecule has 1 saturated heterocycles. The molecule has 2 aromatic rings. The van der Waals surface area contributed by atoms with Gasteiger partial charge in [0, 0.05) is 13.0 Å². The maximum atomic E-state index is 12.8. The van der Waals surface area contributed by atoms with E-state index in [4.69, 9.17) is 21.7 Å². The molecule has 0 aliphatic carbocycles. The molecule has 32 heavy (non-hydrogen) atoms. The van der Waals surface area contributed by atoms with Crippen molar-refractivity contribution >= 4 is 51.9 Å². The van der Waals surface area contributed by atoms with Gasteiger partial charge in [0.05, 0.1) is 10.6 Å². The number of fused-ring (bicyclic) bond motifs is 1. The largest absolute Gasteiger partial charge is 0.454 e. The molecule has 166 valence electrons. The summed E-state index contributed by atoms with van der Waals surface area (Å²) >= 11 is 6.71. The van der Waals surface area contributed by atoms with E-state index in [1.807, 2.05) is 54.6 Å². The summed E-state index contributed by atoms with van der Waals surface area (Å²) < 4.78 is 11.3. The van der Waals surface area contributed by atoms with Crippen molar-refractivity contribution in [2.75, 3.05) is 18.8 Å². The first kappa shape index (κ1) is 22.2. The van der Waals surface area contributed by atoms with Crippen LogP contribution in [0.2, 0.25) is 0 Å². The molecule has 1 fully saturated rings. The standard InChI is InChI=1S/C23H23N3O4S2/c27-21(25-24-17-7-3-1-4-8-17)9-5-2-6-12-26-22(28)20(32-23(26)31)14-16-10-11-18-19(13-16)30-15-29-18/h1,3-4,7-8,10-11,13-14,24H,2,5-6,9,12,15H2,(H,25,27). The van der Waals surface area contributed by atoms with E-state index in [2.05, 4.69) is 10.9 Å². The summed E-state index contributed by atoms with van der Waals surface area (Å²) in [7, 11) is 0. The minimum Gasteiger partial charge on any atom is -0.454 e. The fourth-order valence-corrected chi connectivity index (χ4v) is 4.61. The average Bonchev–Trinajstić information content (AvgIpc) is 3.37. The molecule has 0 bridgehead atoms. The van der Waals surface area contributed by atoms with Gasteiger partial charge < -0.3 is 9.47 Å². The Morgan fingerprint density at radius 1 is 1.09 bits per heavy atom. The van der Waals surface area contributed by atoms with Crippen LogP contribution in [0.4, 0.5) is 5.69 Å². The number of unbranched alkanes of at least 4 members (excludes halogenated alkanes) is 2. The van der Waals surface area contributed by atoms with Gasteiger partial charge in [0.2, 0.25) is 12.7 Å². The van der Waals surface area contributed by atoms with Gasteiger partial charge in [-0.2, -0.15) is 0 Å². The Balaban J connectivity index is 1.19. The average molecular weight is 470 g/mol. The summed E-state index contributed by atoms with van der Waals surface area (Å²) in [6.07, 6.45) is 4.60. The lowest BCUT2D eigenvalue weighted by Gasteiger charge is -2.14. The third-order valence-corrected chi connectivity index (χ3v) is 6.35. The first-order chi connectivity index (χ1) is 15.6. The summed E-state index contributed by atoms with van der Waals surface area (Å²) in [5, 5.41) is 0. The highest BCUT2D eigenvalue weighted by atomic mass is 32.2. The van der Waals surface area contributed by atoms with Gasteiger partial charge in [-0.25, -0.2) is 0 Å². The van der Waals surface area contributed by atoms with E-state index in [1.165, 1.54) is 11.8 Å². The zero-order valence-electron chi connectivity index (χ0n) is 17.3. The molecule has 0 saturated carbocycles. The number of benzene rings is 2. The lowest BCUT2D eigenvalue weighted by molar-refractivity contribution is -0.122. The van der Waals surface area contributed by atoms with Gasteiger partial charge in [0.15, 0.2) is 11.5 Å². The quantitative estimate of drug-likeness (QED) is 0.245. The third-order valence-electron chi connectivity index (χ3n) is 4.97. The number of thioether (sulfide) groups is 1. The van der Waals surface area contributed by atoms with Crippen LogP contribution in [-0.2, 0) is 9.59 Å². The first-order valence-electron chi connectivity index (χ1n) is 10.3. The maximum absolute atomic E-state index is 12.8. The molecular formula is C23H23N3O4S2. The number of thiocarbonyl (C=S) groups is 1. The number of anilines is 1. The Morgan fingerprint density at radius 3 is 2.75 bits per heavy atom. The van der Waals surface area contributed by atoms with E-state index in [9.17, 15) is 9.59 Å². The fourth-order valence-electron chi connectivity index (χ4n) is 3.31. The molecule has 2 heterocycles. The first-order valence-corrected chi connectivity index (χ1v) is 11.6. The molecule has 0 atom stereocenters. The summed E-state index contributed by atoms with van der Waals surface area (Å²) in [5.74, 6) is 1.24. The SMILES string of the molecule is O=C(CCCCCN1C(=O)C(=Cc2ccc3c(c2)OCO3)SC1=S)NNc1ccccc1. The molecule has 9 heteroatoms. The summed E-state index contributed by atoms with van der Waals surface area (Å²) in [5.41, 5.74) is 7.28. The van der Waals surface area contributed by atoms with Gasteiger partial charge in [0.1, 0.15) is 4.32 Å². The summed E-state index contributed by atoms with van der Waals surface area (Å²) in [4.78, 5) is 26.9. The van der Waals surface area contributed by atoms with Crippen molar-refractivity contribution in [2.45, 2.75) is 25.7 Å². The number of hydrogen-bond acceptors (Lipinski definition) is 7. The molecule has 0 spiro atoms. The summed E-state index contributed by atoms with van der Waals surface area (Å²) in [6.45, 7) is 0.763. The van der Waals surface area contributed by atoms with Gasteiger partial charge in [-0.3, -0.25) is 25.3 Å². The van der Waals surface area contributed by atoms with Gasteiger partial charge in [-0.05, 0) is 48.7 Å². The van der Waals surface area contributed by atoms with Crippen molar-refractivity contribution in [2.24, 2.45) is 0 Å². The zero-order chi connectivity index (χ0) is 22.3. The molecule has 7 nitrogen and oxygen atoms in total. The molecule has 2 N–H and O–H groups in total. The molecule has 4 rings (SSSR count). The molecule has 2 aliphatic rings. The van der Waals surface area contributed by atoms with Gasteiger partial charge in [-0.15, -0.1) is 0 Å². The number of ether oxygens (including phenoxy) is 2. The van der Waals surface area contributed by atoms with Crippen LogP contribution in [0.15, 0.2) is 53.4 Å². The number of rotatable bonds is 9. The Bertz CT molecular complexity index is 1040. The van der Waals surface area contributed by atoms with Crippen LogP contribution in [0.25, 0.3) is 6.08 Å². The van der Waals surface area contributed by atoms with Crippen molar-refractivity contribution < 1.29 is 19.1 Å². The topological polar surface area (TPSA) is 79.9 Å². The van der Waals surface area contributed by atoms with Crippen molar-refractivity contribution in [3.63, 3.8) is 0 Å². The van der Waals surface area contributed by atoms with E-state index in [1.54, 1.807) is 4.90 Å². The third kappa shape index (κ3) is 5.60. The normalized spacial score (nSPS) is 16.0.